The van der Waals surface area contributed by atoms with Crippen molar-refractivity contribution in [1.82, 2.24) is 10.2 Å². The fraction of sp³-hybridized carbons (Fsp3) is 0.625. The van der Waals surface area contributed by atoms with E-state index in [1.54, 1.807) is 32.7 Å². The molecule has 0 heterocycles. The molecular formula is C24H38N2O4. The predicted octanol–water partition coefficient (Wildman–Crippen LogP) is 4.54. The Balaban J connectivity index is 3.32. The van der Waals surface area contributed by atoms with E-state index in [0.29, 0.717) is 13.1 Å². The number of hydrogen-bond acceptors (Lipinski definition) is 4. The molecule has 0 unspecified atom stereocenters. The molecule has 0 aromatic heterocycles. The Bertz CT molecular complexity index is 793. The van der Waals surface area contributed by atoms with Crippen LogP contribution in [0.1, 0.15) is 93.4 Å². The molecule has 0 fully saturated rings. The van der Waals surface area contributed by atoms with Crippen molar-refractivity contribution in [2.24, 2.45) is 10.8 Å². The van der Waals surface area contributed by atoms with Crippen molar-refractivity contribution >= 4 is 17.8 Å². The zero-order chi connectivity index (χ0) is 23.5. The molecule has 0 aliphatic heterocycles. The van der Waals surface area contributed by atoms with E-state index >= 15 is 0 Å². The largest absolute Gasteiger partial charge is 0.456 e. The quantitative estimate of drug-likeness (QED) is 0.713. The normalized spacial score (nSPS) is 12.3. The first kappa shape index (κ1) is 25.7. The molecule has 1 rings (SSSR count). The molecule has 168 valence electrons. The van der Waals surface area contributed by atoms with Crippen LogP contribution in [0.5, 0.6) is 0 Å². The first-order valence-corrected chi connectivity index (χ1v) is 10.3. The van der Waals surface area contributed by atoms with Gasteiger partial charge in [-0.2, -0.15) is 0 Å². The number of benzene rings is 1. The van der Waals surface area contributed by atoms with Gasteiger partial charge in [0.2, 0.25) is 0 Å². The van der Waals surface area contributed by atoms with E-state index in [1.165, 1.54) is 18.2 Å². The zero-order valence-corrected chi connectivity index (χ0v) is 20.2. The van der Waals surface area contributed by atoms with Crippen LogP contribution >= 0.6 is 0 Å². The van der Waals surface area contributed by atoms with Crippen LogP contribution in [0.25, 0.3) is 0 Å². The summed E-state index contributed by atoms with van der Waals surface area (Å²) < 4.78 is 5.45. The third kappa shape index (κ3) is 8.97. The monoisotopic (exact) mass is 418 g/mol. The lowest BCUT2D eigenvalue weighted by Gasteiger charge is -2.27. The maximum Gasteiger partial charge on any atom is 0.338 e. The highest BCUT2D eigenvalue weighted by Crippen LogP contribution is 2.20. The second kappa shape index (κ2) is 9.19. The summed E-state index contributed by atoms with van der Waals surface area (Å²) in [7, 11) is 1.72. The Labute approximate surface area is 181 Å². The highest BCUT2D eigenvalue weighted by molar-refractivity contribution is 6.03. The van der Waals surface area contributed by atoms with Gasteiger partial charge in [-0.25, -0.2) is 4.79 Å². The van der Waals surface area contributed by atoms with E-state index in [4.69, 9.17) is 4.74 Å². The van der Waals surface area contributed by atoms with Gasteiger partial charge < -0.3 is 15.0 Å². The third-order valence-electron chi connectivity index (χ3n) is 3.91. The molecule has 2 amide bonds. The predicted molar refractivity (Wildman–Crippen MR) is 120 cm³/mol. The number of carbonyl (C=O) groups excluding carboxylic acids is 3. The summed E-state index contributed by atoms with van der Waals surface area (Å²) >= 11 is 0. The van der Waals surface area contributed by atoms with Crippen LogP contribution in [-0.4, -0.2) is 48.4 Å². The molecule has 0 bridgehead atoms. The molecule has 6 nitrogen and oxygen atoms in total. The minimum Gasteiger partial charge on any atom is -0.456 e. The van der Waals surface area contributed by atoms with Crippen LogP contribution in [0.3, 0.4) is 0 Å². The molecule has 1 N–H and O–H groups in total. The number of nitrogens with zero attached hydrogens (tertiary/aromatic N) is 1. The zero-order valence-electron chi connectivity index (χ0n) is 20.2. The van der Waals surface area contributed by atoms with Crippen molar-refractivity contribution < 1.29 is 19.1 Å². The maximum absolute atomic E-state index is 13.0. The Morgan fingerprint density at radius 1 is 0.833 bits per heavy atom. The van der Waals surface area contributed by atoms with E-state index in [9.17, 15) is 14.4 Å². The number of ether oxygens (including phenoxy) is 1. The van der Waals surface area contributed by atoms with Gasteiger partial charge in [0.1, 0.15) is 5.60 Å². The lowest BCUT2D eigenvalue weighted by Crippen LogP contribution is -2.35. The highest BCUT2D eigenvalue weighted by Gasteiger charge is 2.24. The van der Waals surface area contributed by atoms with Gasteiger partial charge in [-0.3, -0.25) is 9.59 Å². The molecule has 0 saturated heterocycles. The Hall–Kier alpha value is -2.37. The van der Waals surface area contributed by atoms with Gasteiger partial charge in [-0.1, -0.05) is 41.5 Å². The first-order chi connectivity index (χ1) is 13.4. The van der Waals surface area contributed by atoms with E-state index in [1.807, 2.05) is 41.5 Å². The van der Waals surface area contributed by atoms with Crippen molar-refractivity contribution in [3.63, 3.8) is 0 Å². The summed E-state index contributed by atoms with van der Waals surface area (Å²) in [6.07, 6.45) is 0. The average Bonchev–Trinajstić information content (AvgIpc) is 2.54. The van der Waals surface area contributed by atoms with Crippen LogP contribution in [0.2, 0.25) is 0 Å². The first-order valence-electron chi connectivity index (χ1n) is 10.3. The highest BCUT2D eigenvalue weighted by atomic mass is 16.6. The number of hydrogen-bond donors (Lipinski definition) is 1. The van der Waals surface area contributed by atoms with E-state index in [0.717, 1.165) is 0 Å². The average molecular weight is 419 g/mol. The minimum atomic E-state index is -0.686. The summed E-state index contributed by atoms with van der Waals surface area (Å²) in [5, 5.41) is 2.87. The van der Waals surface area contributed by atoms with Crippen LogP contribution in [-0.2, 0) is 4.74 Å². The Kier molecular flexibility index (Phi) is 7.86. The smallest absolute Gasteiger partial charge is 0.338 e. The van der Waals surface area contributed by atoms with Gasteiger partial charge in [-0.15, -0.1) is 0 Å². The lowest BCUT2D eigenvalue weighted by molar-refractivity contribution is 0.00694. The Morgan fingerprint density at radius 3 is 1.80 bits per heavy atom. The summed E-state index contributed by atoms with van der Waals surface area (Å²) in [5.74, 6) is -1.15. The fourth-order valence-electron chi connectivity index (χ4n) is 2.79. The van der Waals surface area contributed by atoms with Crippen molar-refractivity contribution in [3.8, 4) is 0 Å². The number of rotatable bonds is 5. The molecule has 6 heteroatoms. The Morgan fingerprint density at radius 2 is 1.33 bits per heavy atom. The van der Waals surface area contributed by atoms with Gasteiger partial charge in [0.25, 0.3) is 11.8 Å². The van der Waals surface area contributed by atoms with Crippen LogP contribution in [0.4, 0.5) is 0 Å². The minimum absolute atomic E-state index is 0.0832. The standard InChI is InChI=1S/C24H38N2O4/c1-22(2,3)14-25-19(27)16-11-17(20(28)26(10)15-23(4,5)6)13-18(12-16)21(29)30-24(7,8)9/h11-13H,14-15H2,1-10H3,(H,25,27). The summed E-state index contributed by atoms with van der Waals surface area (Å²) in [4.78, 5) is 40.0. The molecule has 1 aromatic carbocycles. The van der Waals surface area contributed by atoms with E-state index in [2.05, 4.69) is 5.32 Å². The molecular weight excluding hydrogens is 380 g/mol. The molecule has 0 saturated carbocycles. The molecule has 0 aliphatic carbocycles. The molecule has 0 radical (unpaired) electrons. The number of amides is 2. The number of esters is 1. The van der Waals surface area contributed by atoms with Gasteiger partial charge in [0.15, 0.2) is 0 Å². The van der Waals surface area contributed by atoms with Gasteiger partial charge in [0, 0.05) is 31.3 Å². The summed E-state index contributed by atoms with van der Waals surface area (Å²) in [5.41, 5.74) is -0.138. The van der Waals surface area contributed by atoms with Gasteiger partial charge in [0.05, 0.1) is 5.56 Å². The second-order valence-corrected chi connectivity index (χ2v) is 11.3. The van der Waals surface area contributed by atoms with Crippen molar-refractivity contribution in [2.75, 3.05) is 20.1 Å². The van der Waals surface area contributed by atoms with Crippen LogP contribution in [0, 0.1) is 10.8 Å². The van der Waals surface area contributed by atoms with Crippen LogP contribution < -0.4 is 5.32 Å². The van der Waals surface area contributed by atoms with Gasteiger partial charge >= 0.3 is 5.97 Å². The molecule has 0 spiro atoms. The maximum atomic E-state index is 13.0. The third-order valence-corrected chi connectivity index (χ3v) is 3.91. The van der Waals surface area contributed by atoms with Crippen molar-refractivity contribution in [1.29, 1.82) is 0 Å². The lowest BCUT2D eigenvalue weighted by atomic mass is 9.95. The van der Waals surface area contributed by atoms with Crippen LogP contribution in [0.15, 0.2) is 18.2 Å². The molecule has 0 aliphatic rings. The number of nitrogens with one attached hydrogen (secondary N) is 1. The SMILES string of the molecule is CN(CC(C)(C)C)C(=O)c1cc(C(=O)NCC(C)(C)C)cc(C(=O)OC(C)(C)C)c1. The number of carbonyl (C=O) groups is 3. The molecule has 1 aromatic rings. The fourth-order valence-corrected chi connectivity index (χ4v) is 2.79. The molecule has 0 atom stereocenters. The molecule has 30 heavy (non-hydrogen) atoms. The van der Waals surface area contributed by atoms with E-state index < -0.39 is 11.6 Å². The van der Waals surface area contributed by atoms with Crippen molar-refractivity contribution in [2.45, 2.75) is 67.9 Å². The topological polar surface area (TPSA) is 75.7 Å². The van der Waals surface area contributed by atoms with Gasteiger partial charge in [-0.05, 0) is 49.8 Å². The van der Waals surface area contributed by atoms with Crippen molar-refractivity contribution in [3.05, 3.63) is 34.9 Å². The second-order valence-electron chi connectivity index (χ2n) is 11.3. The summed E-state index contributed by atoms with van der Waals surface area (Å²) in [6.45, 7) is 18.5. The van der Waals surface area contributed by atoms with E-state index in [-0.39, 0.29) is 39.3 Å². The summed E-state index contributed by atoms with van der Waals surface area (Å²) in [6, 6.07) is 4.51.